The van der Waals surface area contributed by atoms with E-state index in [2.05, 4.69) is 5.32 Å². The Labute approximate surface area is 102 Å². The number of nitrogens with one attached hydrogen (secondary N) is 1. The molecule has 1 aromatic rings. The molecule has 1 unspecified atom stereocenters. The molecule has 0 bridgehead atoms. The van der Waals surface area contributed by atoms with Gasteiger partial charge in [0.2, 0.25) is 5.91 Å². The van der Waals surface area contributed by atoms with Crippen molar-refractivity contribution in [3.05, 3.63) is 24.3 Å². The van der Waals surface area contributed by atoms with E-state index in [0.717, 1.165) is 37.2 Å². The molecule has 1 heterocycles. The molecule has 2 rings (SSSR count). The Balaban J connectivity index is 2.17. The summed E-state index contributed by atoms with van der Waals surface area (Å²) in [6.07, 6.45) is 3.04. The average molecular weight is 233 g/mol. The third-order valence-electron chi connectivity index (χ3n) is 3.25. The second-order valence-electron chi connectivity index (χ2n) is 4.51. The van der Waals surface area contributed by atoms with Crippen LogP contribution in [0.4, 0.5) is 11.4 Å². The first kappa shape index (κ1) is 11.8. The van der Waals surface area contributed by atoms with E-state index in [1.165, 1.54) is 0 Å². The number of benzene rings is 1. The van der Waals surface area contributed by atoms with Crippen LogP contribution in [-0.4, -0.2) is 25.5 Å². The van der Waals surface area contributed by atoms with Crippen molar-refractivity contribution in [3.63, 3.8) is 0 Å². The number of rotatable bonds is 2. The minimum atomic E-state index is -0.0840. The largest absolute Gasteiger partial charge is 0.399 e. The van der Waals surface area contributed by atoms with E-state index < -0.39 is 0 Å². The lowest BCUT2D eigenvalue weighted by molar-refractivity contribution is -0.122. The summed E-state index contributed by atoms with van der Waals surface area (Å²) in [5.41, 5.74) is 7.48. The van der Waals surface area contributed by atoms with Crippen molar-refractivity contribution in [2.24, 2.45) is 0 Å². The Morgan fingerprint density at radius 3 is 3.00 bits per heavy atom. The fourth-order valence-corrected chi connectivity index (χ4v) is 2.22. The maximum absolute atomic E-state index is 11.9. The van der Waals surface area contributed by atoms with Gasteiger partial charge in [-0.15, -0.1) is 0 Å². The number of nitrogen functional groups attached to an aromatic ring is 1. The van der Waals surface area contributed by atoms with Gasteiger partial charge in [-0.05, 0) is 37.5 Å². The maximum atomic E-state index is 11.9. The highest BCUT2D eigenvalue weighted by Crippen LogP contribution is 2.21. The highest BCUT2D eigenvalue weighted by Gasteiger charge is 2.24. The number of likely N-dealkylation sites (N-methyl/N-ethyl adjacent to an activating group) is 1. The van der Waals surface area contributed by atoms with Crippen molar-refractivity contribution in [2.45, 2.75) is 25.3 Å². The Hall–Kier alpha value is -1.71. The summed E-state index contributed by atoms with van der Waals surface area (Å²) in [5.74, 6) is 0.118. The maximum Gasteiger partial charge on any atom is 0.242 e. The number of anilines is 2. The van der Waals surface area contributed by atoms with Crippen LogP contribution < -0.4 is 16.0 Å². The molecule has 0 spiro atoms. The average Bonchev–Trinajstić information content (AvgIpc) is 2.53. The number of amides is 1. The van der Waals surface area contributed by atoms with Crippen molar-refractivity contribution < 1.29 is 4.79 Å². The molecule has 92 valence electrons. The van der Waals surface area contributed by atoms with Gasteiger partial charge in [-0.25, -0.2) is 0 Å². The van der Waals surface area contributed by atoms with Crippen molar-refractivity contribution in [1.29, 1.82) is 0 Å². The van der Waals surface area contributed by atoms with Gasteiger partial charge in [-0.3, -0.25) is 4.79 Å². The van der Waals surface area contributed by atoms with Crippen molar-refractivity contribution in [2.75, 3.05) is 24.2 Å². The highest BCUT2D eigenvalue weighted by atomic mass is 16.2. The minimum absolute atomic E-state index is 0.0840. The number of nitrogens with two attached hydrogens (primary N) is 1. The Morgan fingerprint density at radius 1 is 1.41 bits per heavy atom. The van der Waals surface area contributed by atoms with Crippen LogP contribution >= 0.6 is 0 Å². The second kappa shape index (κ2) is 5.08. The normalized spacial score (nSPS) is 20.5. The van der Waals surface area contributed by atoms with Crippen molar-refractivity contribution in [3.8, 4) is 0 Å². The van der Waals surface area contributed by atoms with Gasteiger partial charge >= 0.3 is 0 Å². The Morgan fingerprint density at radius 2 is 2.24 bits per heavy atom. The van der Waals surface area contributed by atoms with Gasteiger partial charge in [0.25, 0.3) is 0 Å². The first-order valence-electron chi connectivity index (χ1n) is 6.04. The molecule has 0 aliphatic carbocycles. The summed E-state index contributed by atoms with van der Waals surface area (Å²) in [6, 6.07) is 7.56. The van der Waals surface area contributed by atoms with Gasteiger partial charge in [0.05, 0.1) is 0 Å². The molecule has 1 atom stereocenters. The van der Waals surface area contributed by atoms with Crippen LogP contribution in [-0.2, 0) is 4.79 Å². The summed E-state index contributed by atoms with van der Waals surface area (Å²) in [6.45, 7) is 0.792. The lowest BCUT2D eigenvalue weighted by Crippen LogP contribution is -2.44. The molecule has 17 heavy (non-hydrogen) atoms. The molecule has 1 aromatic carbocycles. The summed E-state index contributed by atoms with van der Waals surface area (Å²) in [4.78, 5) is 13.9. The van der Waals surface area contributed by atoms with Gasteiger partial charge < -0.3 is 16.0 Å². The quantitative estimate of drug-likeness (QED) is 0.759. The molecule has 1 saturated heterocycles. The van der Waals surface area contributed by atoms with Crippen molar-refractivity contribution in [1.82, 2.24) is 5.32 Å². The predicted molar refractivity (Wildman–Crippen MR) is 69.9 cm³/mol. The van der Waals surface area contributed by atoms with Gasteiger partial charge in [-0.1, -0.05) is 6.07 Å². The molecule has 1 fully saturated rings. The molecule has 0 radical (unpaired) electrons. The molecule has 4 heteroatoms. The lowest BCUT2D eigenvalue weighted by atomic mass is 10.1. The van der Waals surface area contributed by atoms with E-state index in [1.54, 1.807) is 0 Å². The first-order valence-corrected chi connectivity index (χ1v) is 6.04. The zero-order chi connectivity index (χ0) is 12.3. The zero-order valence-corrected chi connectivity index (χ0v) is 10.1. The molecule has 1 amide bonds. The Kier molecular flexibility index (Phi) is 3.52. The van der Waals surface area contributed by atoms with Crippen LogP contribution in [0.15, 0.2) is 24.3 Å². The molecule has 3 N–H and O–H groups in total. The summed E-state index contributed by atoms with van der Waals surface area (Å²) >= 11 is 0. The molecule has 0 aromatic heterocycles. The van der Waals surface area contributed by atoms with E-state index in [-0.39, 0.29) is 11.9 Å². The van der Waals surface area contributed by atoms with E-state index >= 15 is 0 Å². The number of carbonyl (C=O) groups is 1. The van der Waals surface area contributed by atoms with Gasteiger partial charge in [0.1, 0.15) is 6.04 Å². The second-order valence-corrected chi connectivity index (χ2v) is 4.51. The highest BCUT2D eigenvalue weighted by molar-refractivity contribution is 5.85. The van der Waals surface area contributed by atoms with Gasteiger partial charge in [0, 0.05) is 25.0 Å². The third-order valence-corrected chi connectivity index (χ3v) is 3.25. The van der Waals surface area contributed by atoms with Crippen LogP contribution in [0.3, 0.4) is 0 Å². The smallest absolute Gasteiger partial charge is 0.242 e. The van der Waals surface area contributed by atoms with E-state index in [1.807, 2.05) is 36.2 Å². The zero-order valence-electron chi connectivity index (χ0n) is 10.1. The SMILES string of the molecule is CN(c1cccc(N)c1)C1CCCCNC1=O. The van der Waals surface area contributed by atoms with Crippen molar-refractivity contribution >= 4 is 17.3 Å². The molecule has 1 aliphatic rings. The molecular weight excluding hydrogens is 214 g/mol. The van der Waals surface area contributed by atoms with Crippen LogP contribution in [0, 0.1) is 0 Å². The molecule has 1 aliphatic heterocycles. The van der Waals surface area contributed by atoms with Gasteiger partial charge in [0.15, 0.2) is 0 Å². The first-order chi connectivity index (χ1) is 8.18. The third kappa shape index (κ3) is 2.70. The topological polar surface area (TPSA) is 58.4 Å². The summed E-state index contributed by atoms with van der Waals surface area (Å²) in [7, 11) is 1.95. The lowest BCUT2D eigenvalue weighted by Gasteiger charge is -2.27. The summed E-state index contributed by atoms with van der Waals surface area (Å²) < 4.78 is 0. The van der Waals surface area contributed by atoms with E-state index in [9.17, 15) is 4.79 Å². The van der Waals surface area contributed by atoms with Crippen LogP contribution in [0.2, 0.25) is 0 Å². The number of carbonyl (C=O) groups excluding carboxylic acids is 1. The predicted octanol–water partition coefficient (Wildman–Crippen LogP) is 1.37. The fourth-order valence-electron chi connectivity index (χ4n) is 2.22. The van der Waals surface area contributed by atoms with Crippen LogP contribution in [0.1, 0.15) is 19.3 Å². The number of nitrogens with zero attached hydrogens (tertiary/aromatic N) is 1. The number of hydrogen-bond acceptors (Lipinski definition) is 3. The monoisotopic (exact) mass is 233 g/mol. The van der Waals surface area contributed by atoms with E-state index in [4.69, 9.17) is 5.73 Å². The molecule has 4 nitrogen and oxygen atoms in total. The fraction of sp³-hybridized carbons (Fsp3) is 0.462. The standard InChI is InChI=1S/C13H19N3O/c1-16(11-6-4-5-10(14)9-11)12-7-2-3-8-15-13(12)17/h4-6,9,12H,2-3,7-8,14H2,1H3,(H,15,17). The van der Waals surface area contributed by atoms with Gasteiger partial charge in [-0.2, -0.15) is 0 Å². The molecule has 0 saturated carbocycles. The minimum Gasteiger partial charge on any atom is -0.399 e. The number of hydrogen-bond donors (Lipinski definition) is 2. The van der Waals surface area contributed by atoms with Crippen LogP contribution in [0.5, 0.6) is 0 Å². The summed E-state index contributed by atoms with van der Waals surface area (Å²) in [5, 5.41) is 2.95. The Bertz CT molecular complexity index is 405. The van der Waals surface area contributed by atoms with E-state index in [0.29, 0.717) is 0 Å². The van der Waals surface area contributed by atoms with Crippen LogP contribution in [0.25, 0.3) is 0 Å². The molecular formula is C13H19N3O.